The Labute approximate surface area is 112 Å². The van der Waals surface area contributed by atoms with E-state index in [0.717, 1.165) is 25.7 Å². The highest BCUT2D eigenvalue weighted by Gasteiger charge is 2.15. The van der Waals surface area contributed by atoms with Crippen LogP contribution in [0.5, 0.6) is 0 Å². The molecule has 0 aliphatic heterocycles. The molecule has 0 saturated carbocycles. The zero-order chi connectivity index (χ0) is 14.1. The van der Waals surface area contributed by atoms with Crippen LogP contribution in [-0.4, -0.2) is 23.7 Å². The number of carboxylic acid groups (broad SMARTS) is 1. The number of hydrogen-bond donors (Lipinski definition) is 1. The molecule has 0 saturated heterocycles. The summed E-state index contributed by atoms with van der Waals surface area (Å²) in [6.45, 7) is 3.37. The third kappa shape index (κ3) is 5.86. The van der Waals surface area contributed by atoms with Gasteiger partial charge in [0, 0.05) is 0 Å². The summed E-state index contributed by atoms with van der Waals surface area (Å²) >= 11 is 0. The van der Waals surface area contributed by atoms with Crippen molar-refractivity contribution in [1.29, 1.82) is 0 Å². The molecule has 1 aromatic carbocycles. The quantitative estimate of drug-likeness (QED) is 0.257. The molecule has 102 valence electrons. The van der Waals surface area contributed by atoms with E-state index in [-0.39, 0.29) is 6.61 Å². The predicted octanol–water partition coefficient (Wildman–Crippen LogP) is 2.58. The molecule has 1 rings (SSSR count). The highest BCUT2D eigenvalue weighted by molar-refractivity contribution is 6.12. The summed E-state index contributed by atoms with van der Waals surface area (Å²) in [5, 5.41) is 8.52. The molecule has 1 aromatic rings. The molecule has 4 heteroatoms. The van der Waals surface area contributed by atoms with Gasteiger partial charge in [-0.05, 0) is 31.2 Å². The Bertz CT molecular complexity index is 437. The highest BCUT2D eigenvalue weighted by Crippen LogP contribution is 2.06. The molecule has 0 bridgehead atoms. The number of aryl methyl sites for hydroxylation is 1. The Morgan fingerprint density at radius 3 is 2.42 bits per heavy atom. The smallest absolute Gasteiger partial charge is 0.344 e. The first-order valence-corrected chi connectivity index (χ1v) is 6.24. The lowest BCUT2D eigenvalue weighted by atomic mass is 10.1. The monoisotopic (exact) mass is 262 g/mol. The number of hydrogen-bond acceptors (Lipinski definition) is 3. The van der Waals surface area contributed by atoms with E-state index in [9.17, 15) is 9.59 Å². The maximum absolute atomic E-state index is 11.1. The second-order valence-corrected chi connectivity index (χ2v) is 4.22. The van der Waals surface area contributed by atoms with Gasteiger partial charge in [0.15, 0.2) is 0 Å². The number of ether oxygens (including phenoxy) is 1. The molecule has 1 N–H and O–H groups in total. The number of aliphatic carboxylic acids is 1. The van der Waals surface area contributed by atoms with Gasteiger partial charge in [-0.1, -0.05) is 36.9 Å². The van der Waals surface area contributed by atoms with Crippen LogP contribution in [0.4, 0.5) is 0 Å². The first-order chi connectivity index (χ1) is 9.11. The van der Waals surface area contributed by atoms with Crippen LogP contribution in [0.15, 0.2) is 42.5 Å². The van der Waals surface area contributed by atoms with Gasteiger partial charge in [0.05, 0.1) is 6.61 Å². The van der Waals surface area contributed by atoms with E-state index in [0.29, 0.717) is 0 Å². The maximum atomic E-state index is 11.1. The van der Waals surface area contributed by atoms with Gasteiger partial charge in [0.2, 0.25) is 0 Å². The molecular weight excluding hydrogens is 244 g/mol. The van der Waals surface area contributed by atoms with E-state index < -0.39 is 17.5 Å². The summed E-state index contributed by atoms with van der Waals surface area (Å²) in [7, 11) is 0. The minimum atomic E-state index is -1.34. The SMILES string of the molecule is C=C(C(=O)O)C(=O)OCCCCCc1ccccc1. The van der Waals surface area contributed by atoms with E-state index in [1.165, 1.54) is 5.56 Å². The fourth-order valence-corrected chi connectivity index (χ4v) is 1.59. The molecule has 0 unspecified atom stereocenters. The third-order valence-electron chi connectivity index (χ3n) is 2.69. The Kier molecular flexibility index (Phi) is 6.36. The minimum Gasteiger partial charge on any atom is -0.477 e. The Hall–Kier alpha value is -2.10. The van der Waals surface area contributed by atoms with Crippen molar-refractivity contribution < 1.29 is 19.4 Å². The molecule has 0 aromatic heterocycles. The molecule has 0 spiro atoms. The maximum Gasteiger partial charge on any atom is 0.344 e. The van der Waals surface area contributed by atoms with E-state index in [4.69, 9.17) is 9.84 Å². The van der Waals surface area contributed by atoms with Crippen molar-refractivity contribution in [1.82, 2.24) is 0 Å². The van der Waals surface area contributed by atoms with E-state index >= 15 is 0 Å². The number of carbonyl (C=O) groups excluding carboxylic acids is 1. The summed E-state index contributed by atoms with van der Waals surface area (Å²) in [5.41, 5.74) is 0.767. The van der Waals surface area contributed by atoms with Crippen molar-refractivity contribution in [3.63, 3.8) is 0 Å². The average Bonchev–Trinajstić information content (AvgIpc) is 2.42. The lowest BCUT2D eigenvalue weighted by molar-refractivity contribution is -0.144. The van der Waals surface area contributed by atoms with Gasteiger partial charge in [-0.2, -0.15) is 0 Å². The number of rotatable bonds is 8. The van der Waals surface area contributed by atoms with Gasteiger partial charge in [-0.3, -0.25) is 0 Å². The lowest BCUT2D eigenvalue weighted by Gasteiger charge is -2.04. The average molecular weight is 262 g/mol. The van der Waals surface area contributed by atoms with Crippen LogP contribution < -0.4 is 0 Å². The molecule has 19 heavy (non-hydrogen) atoms. The topological polar surface area (TPSA) is 63.6 Å². The van der Waals surface area contributed by atoms with Crippen LogP contribution in [0.2, 0.25) is 0 Å². The molecule has 0 amide bonds. The standard InChI is InChI=1S/C15H18O4/c1-12(14(16)17)15(18)19-11-7-3-6-10-13-8-4-2-5-9-13/h2,4-5,8-9H,1,3,6-7,10-11H2,(H,16,17). The van der Waals surface area contributed by atoms with Gasteiger partial charge in [0.1, 0.15) is 5.57 Å². The number of benzene rings is 1. The third-order valence-corrected chi connectivity index (χ3v) is 2.69. The minimum absolute atomic E-state index is 0.236. The van der Waals surface area contributed by atoms with Crippen molar-refractivity contribution >= 4 is 11.9 Å². The molecule has 0 fully saturated rings. The summed E-state index contributed by atoms with van der Waals surface area (Å²) in [5.74, 6) is -2.19. The zero-order valence-corrected chi connectivity index (χ0v) is 10.8. The van der Waals surface area contributed by atoms with E-state index in [1.54, 1.807) is 0 Å². The first kappa shape index (κ1) is 15.0. The summed E-state index contributed by atoms with van der Waals surface area (Å²) in [6.07, 6.45) is 3.67. The Morgan fingerprint density at radius 1 is 1.11 bits per heavy atom. The second kappa shape index (κ2) is 8.08. The molecule has 0 radical (unpaired) electrons. The predicted molar refractivity (Wildman–Crippen MR) is 71.7 cm³/mol. The van der Waals surface area contributed by atoms with Gasteiger partial charge < -0.3 is 9.84 Å². The fourth-order valence-electron chi connectivity index (χ4n) is 1.59. The van der Waals surface area contributed by atoms with E-state index in [2.05, 4.69) is 18.7 Å². The Balaban J connectivity index is 2.07. The second-order valence-electron chi connectivity index (χ2n) is 4.22. The van der Waals surface area contributed by atoms with E-state index in [1.807, 2.05) is 18.2 Å². The van der Waals surface area contributed by atoms with Crippen LogP contribution in [0.25, 0.3) is 0 Å². The van der Waals surface area contributed by atoms with Crippen LogP contribution in [0.3, 0.4) is 0 Å². The molecule has 0 heterocycles. The van der Waals surface area contributed by atoms with Crippen LogP contribution >= 0.6 is 0 Å². The van der Waals surface area contributed by atoms with Crippen molar-refractivity contribution in [2.24, 2.45) is 0 Å². The van der Waals surface area contributed by atoms with Crippen LogP contribution in [0.1, 0.15) is 24.8 Å². The molecule has 0 atom stereocenters. The normalized spacial score (nSPS) is 9.89. The molecular formula is C15H18O4. The molecule has 0 aliphatic carbocycles. The number of carbonyl (C=O) groups is 2. The number of carboxylic acids is 1. The van der Waals surface area contributed by atoms with Crippen molar-refractivity contribution in [2.45, 2.75) is 25.7 Å². The van der Waals surface area contributed by atoms with Crippen molar-refractivity contribution in [3.8, 4) is 0 Å². The van der Waals surface area contributed by atoms with Crippen molar-refractivity contribution in [3.05, 3.63) is 48.0 Å². The first-order valence-electron chi connectivity index (χ1n) is 6.24. The van der Waals surface area contributed by atoms with Crippen LogP contribution in [0, 0.1) is 0 Å². The van der Waals surface area contributed by atoms with Gasteiger partial charge in [0.25, 0.3) is 0 Å². The summed E-state index contributed by atoms with van der Waals surface area (Å²) in [6, 6.07) is 10.2. The summed E-state index contributed by atoms with van der Waals surface area (Å²) < 4.78 is 4.80. The van der Waals surface area contributed by atoms with Gasteiger partial charge >= 0.3 is 11.9 Å². The van der Waals surface area contributed by atoms with Crippen LogP contribution in [-0.2, 0) is 20.7 Å². The van der Waals surface area contributed by atoms with Crippen molar-refractivity contribution in [2.75, 3.05) is 6.61 Å². The van der Waals surface area contributed by atoms with Gasteiger partial charge in [-0.15, -0.1) is 0 Å². The Morgan fingerprint density at radius 2 is 1.79 bits per heavy atom. The lowest BCUT2D eigenvalue weighted by Crippen LogP contribution is -2.14. The highest BCUT2D eigenvalue weighted by atomic mass is 16.5. The number of esters is 1. The van der Waals surface area contributed by atoms with Gasteiger partial charge in [-0.25, -0.2) is 9.59 Å². The largest absolute Gasteiger partial charge is 0.477 e. The molecule has 4 nitrogen and oxygen atoms in total. The number of unbranched alkanes of at least 4 members (excludes halogenated alkanes) is 2. The zero-order valence-electron chi connectivity index (χ0n) is 10.8. The fraction of sp³-hybridized carbons (Fsp3) is 0.333. The molecule has 0 aliphatic rings. The summed E-state index contributed by atoms with van der Waals surface area (Å²) in [4.78, 5) is 21.6.